The molecule has 1 saturated carbocycles. The van der Waals surface area contributed by atoms with Crippen LogP contribution in [0.15, 0.2) is 24.3 Å². The summed E-state index contributed by atoms with van der Waals surface area (Å²) in [5.74, 6) is -0.424. The van der Waals surface area contributed by atoms with Gasteiger partial charge in [-0.15, -0.1) is 0 Å². The number of rotatable bonds is 5. The van der Waals surface area contributed by atoms with E-state index in [0.29, 0.717) is 15.5 Å². The van der Waals surface area contributed by atoms with E-state index in [0.717, 1.165) is 18.9 Å². The van der Waals surface area contributed by atoms with E-state index in [1.165, 1.54) is 17.4 Å². The van der Waals surface area contributed by atoms with Crippen LogP contribution < -0.4 is 15.4 Å². The summed E-state index contributed by atoms with van der Waals surface area (Å²) < 4.78 is 25.1. The SMILES string of the molecule is CC(C)(C)OC(=O)Nc1cc(Oc2ccc3nc(NC(=O)C4CC4)sc3n2)c(Cl)cc1F. The quantitative estimate of drug-likeness (QED) is 0.468. The first-order valence-electron chi connectivity index (χ1n) is 9.83. The van der Waals surface area contributed by atoms with Crippen LogP contribution in [0.3, 0.4) is 0 Å². The number of halogens is 2. The molecule has 2 N–H and O–H groups in total. The van der Waals surface area contributed by atoms with Crippen LogP contribution in [0.2, 0.25) is 5.02 Å². The van der Waals surface area contributed by atoms with Crippen LogP contribution in [0.25, 0.3) is 10.3 Å². The van der Waals surface area contributed by atoms with Crippen LogP contribution in [-0.2, 0) is 9.53 Å². The predicted molar refractivity (Wildman–Crippen MR) is 120 cm³/mol. The van der Waals surface area contributed by atoms with Crippen LogP contribution in [-0.4, -0.2) is 27.6 Å². The number of pyridine rings is 1. The van der Waals surface area contributed by atoms with Gasteiger partial charge in [0.25, 0.3) is 0 Å². The zero-order chi connectivity index (χ0) is 23.0. The Bertz CT molecular complexity index is 1210. The molecule has 168 valence electrons. The highest BCUT2D eigenvalue weighted by atomic mass is 35.5. The number of aromatic nitrogens is 2. The molecular formula is C21H20ClFN4O4S. The third-order valence-electron chi connectivity index (χ3n) is 4.28. The molecule has 11 heteroatoms. The Morgan fingerprint density at radius 2 is 1.94 bits per heavy atom. The zero-order valence-corrected chi connectivity index (χ0v) is 19.1. The first-order valence-corrected chi connectivity index (χ1v) is 11.0. The van der Waals surface area contributed by atoms with E-state index in [1.807, 2.05) is 0 Å². The molecule has 32 heavy (non-hydrogen) atoms. The summed E-state index contributed by atoms with van der Waals surface area (Å²) in [7, 11) is 0. The van der Waals surface area contributed by atoms with Crippen molar-refractivity contribution < 1.29 is 23.5 Å². The van der Waals surface area contributed by atoms with Crippen LogP contribution >= 0.6 is 22.9 Å². The van der Waals surface area contributed by atoms with Crippen LogP contribution in [0.5, 0.6) is 11.6 Å². The average molecular weight is 479 g/mol. The Hall–Kier alpha value is -2.98. The molecule has 4 rings (SSSR count). The normalized spacial score (nSPS) is 13.7. The Morgan fingerprint density at radius 1 is 1.19 bits per heavy atom. The van der Waals surface area contributed by atoms with Gasteiger partial charge >= 0.3 is 6.09 Å². The van der Waals surface area contributed by atoms with Crippen molar-refractivity contribution in [3.63, 3.8) is 0 Å². The van der Waals surface area contributed by atoms with E-state index >= 15 is 0 Å². The Morgan fingerprint density at radius 3 is 2.62 bits per heavy atom. The molecule has 2 amide bonds. The van der Waals surface area contributed by atoms with Gasteiger partial charge in [0.05, 0.1) is 10.7 Å². The maximum absolute atomic E-state index is 14.3. The first-order chi connectivity index (χ1) is 15.1. The van der Waals surface area contributed by atoms with Gasteiger partial charge in [-0.3, -0.25) is 10.1 Å². The fourth-order valence-corrected chi connectivity index (χ4v) is 3.71. The second-order valence-electron chi connectivity index (χ2n) is 8.25. The molecule has 1 aliphatic carbocycles. The van der Waals surface area contributed by atoms with Gasteiger partial charge in [0.2, 0.25) is 11.8 Å². The van der Waals surface area contributed by atoms with Gasteiger partial charge in [0.15, 0.2) is 5.13 Å². The van der Waals surface area contributed by atoms with Crippen LogP contribution in [0.4, 0.5) is 20.0 Å². The molecule has 0 spiro atoms. The topological polar surface area (TPSA) is 102 Å². The second-order valence-corrected chi connectivity index (χ2v) is 9.63. The van der Waals surface area contributed by atoms with Gasteiger partial charge in [-0.1, -0.05) is 22.9 Å². The van der Waals surface area contributed by atoms with E-state index in [4.69, 9.17) is 21.1 Å². The van der Waals surface area contributed by atoms with Crippen molar-refractivity contribution in [2.75, 3.05) is 10.6 Å². The van der Waals surface area contributed by atoms with Gasteiger partial charge < -0.3 is 14.8 Å². The molecule has 1 aliphatic rings. The van der Waals surface area contributed by atoms with Gasteiger partial charge in [0.1, 0.15) is 27.5 Å². The lowest BCUT2D eigenvalue weighted by atomic mass is 10.2. The van der Waals surface area contributed by atoms with Crippen LogP contribution in [0, 0.1) is 11.7 Å². The molecule has 3 aromatic rings. The monoisotopic (exact) mass is 478 g/mol. The summed E-state index contributed by atoms with van der Waals surface area (Å²) in [6, 6.07) is 5.55. The highest BCUT2D eigenvalue weighted by molar-refractivity contribution is 7.21. The van der Waals surface area contributed by atoms with Crippen LogP contribution in [0.1, 0.15) is 33.6 Å². The third-order valence-corrected chi connectivity index (χ3v) is 5.46. The number of thiazole rings is 1. The number of nitrogens with one attached hydrogen (secondary N) is 2. The molecule has 0 unspecified atom stereocenters. The lowest BCUT2D eigenvalue weighted by molar-refractivity contribution is -0.117. The number of ether oxygens (including phenoxy) is 2. The smallest absolute Gasteiger partial charge is 0.412 e. The summed E-state index contributed by atoms with van der Waals surface area (Å²) in [5, 5.41) is 5.60. The number of fused-ring (bicyclic) bond motifs is 1. The van der Waals surface area contributed by atoms with Gasteiger partial charge in [-0.25, -0.2) is 19.2 Å². The fraction of sp³-hybridized carbons (Fsp3) is 0.333. The summed E-state index contributed by atoms with van der Waals surface area (Å²) in [6.45, 7) is 5.09. The number of hydrogen-bond donors (Lipinski definition) is 2. The fourth-order valence-electron chi connectivity index (χ4n) is 2.69. The van der Waals surface area contributed by atoms with Gasteiger partial charge in [0, 0.05) is 18.1 Å². The molecule has 2 aromatic heterocycles. The van der Waals surface area contributed by atoms with Crippen molar-refractivity contribution in [2.45, 2.75) is 39.2 Å². The van der Waals surface area contributed by atoms with E-state index in [2.05, 4.69) is 20.6 Å². The maximum Gasteiger partial charge on any atom is 0.412 e. The molecule has 0 saturated heterocycles. The first kappa shape index (κ1) is 22.2. The lowest BCUT2D eigenvalue weighted by Gasteiger charge is -2.20. The summed E-state index contributed by atoms with van der Waals surface area (Å²) in [6.07, 6.45) is 0.987. The number of nitrogens with zero attached hydrogens (tertiary/aromatic N) is 2. The lowest BCUT2D eigenvalue weighted by Crippen LogP contribution is -2.27. The summed E-state index contributed by atoms with van der Waals surface area (Å²) in [5.41, 5.74) is -0.286. The Balaban J connectivity index is 1.52. The second kappa shape index (κ2) is 8.51. The molecule has 0 bridgehead atoms. The zero-order valence-electron chi connectivity index (χ0n) is 17.5. The van der Waals surface area contributed by atoms with Gasteiger partial charge in [-0.05, 0) is 45.7 Å². The molecule has 2 heterocycles. The van der Waals surface area contributed by atoms with E-state index < -0.39 is 17.5 Å². The minimum Gasteiger partial charge on any atom is -0.444 e. The van der Waals surface area contributed by atoms with E-state index in [9.17, 15) is 14.0 Å². The molecule has 0 aliphatic heterocycles. The average Bonchev–Trinajstić information content (AvgIpc) is 3.45. The Labute approximate surface area is 192 Å². The van der Waals surface area contributed by atoms with Crippen molar-refractivity contribution >= 4 is 56.1 Å². The standard InChI is InChI=1S/C21H20ClFN4O4S/c1-21(2,3)31-20(29)25-14-9-15(11(22)8-12(14)23)30-16-7-6-13-18(26-16)32-19(24-13)27-17(28)10-4-5-10/h6-10H,4-5H2,1-3H3,(H,25,29)(H,24,27,28). The minimum atomic E-state index is -0.811. The van der Waals surface area contributed by atoms with Gasteiger partial charge in [-0.2, -0.15) is 0 Å². The predicted octanol–water partition coefficient (Wildman–Crippen LogP) is 5.97. The summed E-state index contributed by atoms with van der Waals surface area (Å²) in [4.78, 5) is 33.2. The van der Waals surface area contributed by atoms with E-state index in [-0.39, 0.29) is 34.2 Å². The largest absolute Gasteiger partial charge is 0.444 e. The van der Waals surface area contributed by atoms with Crippen molar-refractivity contribution in [2.24, 2.45) is 5.92 Å². The number of hydrogen-bond acceptors (Lipinski definition) is 7. The number of amides is 2. The molecular weight excluding hydrogens is 459 g/mol. The number of carbonyl (C=O) groups is 2. The molecule has 1 aromatic carbocycles. The Kier molecular flexibility index (Phi) is 5.91. The van der Waals surface area contributed by atoms with Crippen molar-refractivity contribution in [3.8, 4) is 11.6 Å². The molecule has 8 nitrogen and oxygen atoms in total. The highest BCUT2D eigenvalue weighted by Gasteiger charge is 2.30. The summed E-state index contributed by atoms with van der Waals surface area (Å²) >= 11 is 7.33. The van der Waals surface area contributed by atoms with Crippen molar-refractivity contribution in [3.05, 3.63) is 35.1 Å². The maximum atomic E-state index is 14.3. The molecule has 0 radical (unpaired) electrons. The third kappa shape index (κ3) is 5.43. The van der Waals surface area contributed by atoms with E-state index in [1.54, 1.807) is 32.9 Å². The minimum absolute atomic E-state index is 0.000765. The molecule has 0 atom stereocenters. The van der Waals surface area contributed by atoms with Crippen molar-refractivity contribution in [1.82, 2.24) is 9.97 Å². The number of benzene rings is 1. The molecule has 1 fully saturated rings. The van der Waals surface area contributed by atoms with Crippen molar-refractivity contribution in [1.29, 1.82) is 0 Å². The highest BCUT2D eigenvalue weighted by Crippen LogP contribution is 2.35. The number of carbonyl (C=O) groups excluding carboxylic acids is 2. The number of anilines is 2.